The highest BCUT2D eigenvalue weighted by molar-refractivity contribution is 8.02. The molecule has 26 heavy (non-hydrogen) atoms. The van der Waals surface area contributed by atoms with Gasteiger partial charge in [0.1, 0.15) is 0 Å². The van der Waals surface area contributed by atoms with Crippen molar-refractivity contribution in [1.29, 1.82) is 0 Å². The second-order valence-corrected chi connectivity index (χ2v) is 8.51. The molecule has 0 saturated heterocycles. The summed E-state index contributed by atoms with van der Waals surface area (Å²) in [6.07, 6.45) is 1.95. The Bertz CT molecular complexity index is 764. The predicted molar refractivity (Wildman–Crippen MR) is 116 cm³/mol. The standard InChI is InChI=1S/C22H27NOS2/c1-16(2)15-24-22(23-26-20-9-6-17(3)7-10-20)12-13-25-21-11-8-18(4)14-19(21)5/h6-14,16H,15H2,1-5H3/b13-12+,23-22-. The normalized spacial score (nSPS) is 12.2. The van der Waals surface area contributed by atoms with Crippen molar-refractivity contribution < 1.29 is 4.74 Å². The molecule has 0 unspecified atom stereocenters. The summed E-state index contributed by atoms with van der Waals surface area (Å²) >= 11 is 3.13. The van der Waals surface area contributed by atoms with Crippen LogP contribution in [0.25, 0.3) is 0 Å². The van der Waals surface area contributed by atoms with E-state index in [0.29, 0.717) is 18.4 Å². The predicted octanol–water partition coefficient (Wildman–Crippen LogP) is 7.00. The van der Waals surface area contributed by atoms with E-state index in [-0.39, 0.29) is 0 Å². The van der Waals surface area contributed by atoms with Gasteiger partial charge in [0.2, 0.25) is 5.90 Å². The van der Waals surface area contributed by atoms with Gasteiger partial charge in [-0.15, -0.1) is 0 Å². The molecule has 0 aliphatic rings. The summed E-state index contributed by atoms with van der Waals surface area (Å²) in [5, 5.41) is 2.05. The van der Waals surface area contributed by atoms with Gasteiger partial charge < -0.3 is 4.74 Å². The highest BCUT2D eigenvalue weighted by atomic mass is 32.2. The van der Waals surface area contributed by atoms with Crippen LogP contribution in [0.1, 0.15) is 30.5 Å². The Labute approximate surface area is 166 Å². The maximum Gasteiger partial charge on any atom is 0.221 e. The van der Waals surface area contributed by atoms with E-state index in [1.807, 2.05) is 11.5 Å². The first-order valence-electron chi connectivity index (χ1n) is 8.79. The number of thioether (sulfide) groups is 1. The molecular weight excluding hydrogens is 358 g/mol. The van der Waals surface area contributed by atoms with Gasteiger partial charge in [0.15, 0.2) is 0 Å². The van der Waals surface area contributed by atoms with E-state index in [0.717, 1.165) is 4.90 Å². The Morgan fingerprint density at radius 2 is 1.73 bits per heavy atom. The van der Waals surface area contributed by atoms with Gasteiger partial charge in [-0.3, -0.25) is 0 Å². The second-order valence-electron chi connectivity index (χ2n) is 6.73. The molecule has 0 saturated carbocycles. The maximum absolute atomic E-state index is 5.87. The van der Waals surface area contributed by atoms with Crippen molar-refractivity contribution in [2.75, 3.05) is 6.61 Å². The smallest absolute Gasteiger partial charge is 0.221 e. The first kappa shape index (κ1) is 20.7. The summed E-state index contributed by atoms with van der Waals surface area (Å²) < 4.78 is 10.4. The molecule has 2 nitrogen and oxygen atoms in total. The average Bonchev–Trinajstić information content (AvgIpc) is 2.60. The Morgan fingerprint density at radius 1 is 1.04 bits per heavy atom. The van der Waals surface area contributed by atoms with Gasteiger partial charge in [-0.2, -0.15) is 4.40 Å². The summed E-state index contributed by atoms with van der Waals surface area (Å²) in [4.78, 5) is 2.36. The number of aryl methyl sites for hydroxylation is 3. The number of rotatable bonds is 7. The first-order valence-corrected chi connectivity index (χ1v) is 10.4. The van der Waals surface area contributed by atoms with Crippen LogP contribution in [-0.2, 0) is 4.74 Å². The minimum absolute atomic E-state index is 0.463. The molecule has 0 bridgehead atoms. The molecule has 0 aliphatic heterocycles. The van der Waals surface area contributed by atoms with Gasteiger partial charge in [-0.1, -0.05) is 61.0 Å². The highest BCUT2D eigenvalue weighted by Crippen LogP contribution is 2.25. The molecule has 2 rings (SSSR count). The molecule has 2 aromatic rings. The van der Waals surface area contributed by atoms with Gasteiger partial charge in [0, 0.05) is 27.8 Å². The lowest BCUT2D eigenvalue weighted by molar-refractivity contribution is 0.262. The van der Waals surface area contributed by atoms with Crippen LogP contribution >= 0.6 is 23.7 Å². The van der Waals surface area contributed by atoms with Gasteiger partial charge in [0.05, 0.1) is 6.61 Å². The zero-order chi connectivity index (χ0) is 18.9. The molecule has 138 valence electrons. The summed E-state index contributed by atoms with van der Waals surface area (Å²) in [7, 11) is 0. The minimum atomic E-state index is 0.463. The Balaban J connectivity index is 2.05. The zero-order valence-corrected chi connectivity index (χ0v) is 17.8. The average molecular weight is 386 g/mol. The summed E-state index contributed by atoms with van der Waals surface area (Å²) in [6.45, 7) is 11.3. The van der Waals surface area contributed by atoms with Gasteiger partial charge in [-0.25, -0.2) is 0 Å². The largest absolute Gasteiger partial charge is 0.477 e. The van der Waals surface area contributed by atoms with E-state index < -0.39 is 0 Å². The van der Waals surface area contributed by atoms with E-state index >= 15 is 0 Å². The second kappa shape index (κ2) is 10.5. The van der Waals surface area contributed by atoms with Crippen LogP contribution in [-0.4, -0.2) is 12.5 Å². The number of hydrogen-bond donors (Lipinski definition) is 0. The quantitative estimate of drug-likeness (QED) is 0.222. The third kappa shape index (κ3) is 7.30. The highest BCUT2D eigenvalue weighted by Gasteiger charge is 2.02. The maximum atomic E-state index is 5.87. The molecule has 0 atom stereocenters. The molecule has 0 spiro atoms. The van der Waals surface area contributed by atoms with Crippen LogP contribution in [0.2, 0.25) is 0 Å². The number of ether oxygens (including phenoxy) is 1. The van der Waals surface area contributed by atoms with E-state index in [4.69, 9.17) is 4.74 Å². The molecule has 0 amide bonds. The minimum Gasteiger partial charge on any atom is -0.477 e. The fraction of sp³-hybridized carbons (Fsp3) is 0.318. The number of hydrogen-bond acceptors (Lipinski definition) is 4. The molecule has 0 aromatic heterocycles. The van der Waals surface area contributed by atoms with Gasteiger partial charge in [-0.05, 0) is 55.9 Å². The van der Waals surface area contributed by atoms with Crippen molar-refractivity contribution in [2.24, 2.45) is 10.3 Å². The molecule has 2 aromatic carbocycles. The van der Waals surface area contributed by atoms with Crippen molar-refractivity contribution >= 4 is 29.6 Å². The van der Waals surface area contributed by atoms with Crippen LogP contribution in [0.3, 0.4) is 0 Å². The summed E-state index contributed by atoms with van der Waals surface area (Å²) in [6, 6.07) is 14.9. The molecule has 0 heterocycles. The van der Waals surface area contributed by atoms with Crippen molar-refractivity contribution in [3.63, 3.8) is 0 Å². The molecule has 4 heteroatoms. The van der Waals surface area contributed by atoms with E-state index in [2.05, 4.69) is 81.5 Å². The van der Waals surface area contributed by atoms with E-state index in [1.54, 1.807) is 11.8 Å². The van der Waals surface area contributed by atoms with Crippen molar-refractivity contribution in [2.45, 2.75) is 44.4 Å². The number of nitrogens with zero attached hydrogens (tertiary/aromatic N) is 1. The number of benzene rings is 2. The third-order valence-electron chi connectivity index (χ3n) is 3.56. The first-order chi connectivity index (χ1) is 12.4. The zero-order valence-electron chi connectivity index (χ0n) is 16.2. The van der Waals surface area contributed by atoms with Crippen molar-refractivity contribution in [3.05, 3.63) is 70.6 Å². The van der Waals surface area contributed by atoms with Crippen LogP contribution in [0.15, 0.2) is 68.1 Å². The van der Waals surface area contributed by atoms with Crippen LogP contribution in [0.4, 0.5) is 0 Å². The fourth-order valence-corrected chi connectivity index (χ4v) is 3.44. The van der Waals surface area contributed by atoms with Crippen LogP contribution in [0.5, 0.6) is 0 Å². The lowest BCUT2D eigenvalue weighted by Gasteiger charge is -2.08. The van der Waals surface area contributed by atoms with Gasteiger partial charge in [0.25, 0.3) is 0 Å². The molecular formula is C22H27NOS2. The van der Waals surface area contributed by atoms with Crippen LogP contribution in [0, 0.1) is 26.7 Å². The molecule has 0 radical (unpaired) electrons. The van der Waals surface area contributed by atoms with E-state index in [1.165, 1.54) is 33.5 Å². The lowest BCUT2D eigenvalue weighted by atomic mass is 10.2. The lowest BCUT2D eigenvalue weighted by Crippen LogP contribution is -2.07. The van der Waals surface area contributed by atoms with Gasteiger partial charge >= 0.3 is 0 Å². The topological polar surface area (TPSA) is 21.6 Å². The van der Waals surface area contributed by atoms with Crippen molar-refractivity contribution in [3.8, 4) is 0 Å². The molecule has 0 aliphatic carbocycles. The summed E-state index contributed by atoms with van der Waals surface area (Å²) in [5.41, 5.74) is 3.82. The SMILES string of the molecule is Cc1ccc(S/N=C(/C=C/Sc2ccc(C)cc2C)OCC(C)C)cc1. The fourth-order valence-electron chi connectivity index (χ4n) is 2.15. The Morgan fingerprint density at radius 3 is 2.38 bits per heavy atom. The monoisotopic (exact) mass is 385 g/mol. The molecule has 0 fully saturated rings. The Hall–Kier alpha value is -1.65. The summed E-state index contributed by atoms with van der Waals surface area (Å²) in [5.74, 6) is 1.12. The van der Waals surface area contributed by atoms with Crippen LogP contribution < -0.4 is 0 Å². The van der Waals surface area contributed by atoms with Crippen molar-refractivity contribution in [1.82, 2.24) is 0 Å². The third-order valence-corrected chi connectivity index (χ3v) is 5.30. The Kier molecular flexibility index (Phi) is 8.33. The van der Waals surface area contributed by atoms with E-state index in [9.17, 15) is 0 Å². The molecule has 0 N–H and O–H groups in total.